The van der Waals surface area contributed by atoms with E-state index in [1.165, 1.54) is 7.05 Å². The van der Waals surface area contributed by atoms with Gasteiger partial charge in [-0.1, -0.05) is 20.8 Å². The van der Waals surface area contributed by atoms with Crippen molar-refractivity contribution in [2.24, 2.45) is 16.7 Å². The summed E-state index contributed by atoms with van der Waals surface area (Å²) >= 11 is 0. The molecule has 6 atom stereocenters. The lowest BCUT2D eigenvalue weighted by Crippen LogP contribution is -2.81. The van der Waals surface area contributed by atoms with Crippen LogP contribution in [0.1, 0.15) is 46.5 Å². The van der Waals surface area contributed by atoms with E-state index in [1.54, 1.807) is 16.8 Å². The van der Waals surface area contributed by atoms with Crippen molar-refractivity contribution in [2.45, 2.75) is 69.8 Å². The van der Waals surface area contributed by atoms with Gasteiger partial charge in [0.05, 0.1) is 11.6 Å². The monoisotopic (exact) mass is 389 g/mol. The van der Waals surface area contributed by atoms with Crippen LogP contribution in [-0.2, 0) is 19.2 Å². The van der Waals surface area contributed by atoms with Gasteiger partial charge in [0.25, 0.3) is 0 Å². The second-order valence-corrected chi connectivity index (χ2v) is 10.1. The fourth-order valence-corrected chi connectivity index (χ4v) is 7.67. The highest BCUT2D eigenvalue weighted by molar-refractivity contribution is 6.15. The lowest BCUT2D eigenvalue weighted by atomic mass is 9.61. The maximum Gasteiger partial charge on any atom is 0.249 e. The number of ketones is 1. The number of hydrogen-bond donors (Lipinski definition) is 1. The van der Waals surface area contributed by atoms with Gasteiger partial charge in [-0.15, -0.1) is 0 Å². The maximum atomic E-state index is 13.5. The molecule has 2 unspecified atom stereocenters. The molecule has 1 aliphatic carbocycles. The van der Waals surface area contributed by atoms with E-state index < -0.39 is 45.9 Å². The molecule has 6 fully saturated rings. The van der Waals surface area contributed by atoms with Crippen molar-refractivity contribution in [3.05, 3.63) is 0 Å². The molecule has 1 saturated carbocycles. The van der Waals surface area contributed by atoms with E-state index in [9.17, 15) is 24.3 Å². The van der Waals surface area contributed by atoms with Crippen molar-refractivity contribution in [3.8, 4) is 0 Å². The van der Waals surface area contributed by atoms with E-state index in [0.717, 1.165) is 4.90 Å². The van der Waals surface area contributed by atoms with Crippen LogP contribution in [0.5, 0.6) is 0 Å². The van der Waals surface area contributed by atoms with Crippen LogP contribution >= 0.6 is 0 Å². The highest BCUT2D eigenvalue weighted by Gasteiger charge is 2.84. The Balaban J connectivity index is 1.79. The molecule has 28 heavy (non-hydrogen) atoms. The minimum atomic E-state index is -1.48. The molecule has 8 heteroatoms. The van der Waals surface area contributed by atoms with Crippen LogP contribution in [0.15, 0.2) is 0 Å². The molecule has 0 aromatic carbocycles. The summed E-state index contributed by atoms with van der Waals surface area (Å²) in [6, 6.07) is -0.430. The Hall–Kier alpha value is -1.96. The van der Waals surface area contributed by atoms with Gasteiger partial charge in [0, 0.05) is 25.9 Å². The topological polar surface area (TPSA) is 98.2 Å². The van der Waals surface area contributed by atoms with Gasteiger partial charge in [0.15, 0.2) is 12.0 Å². The summed E-state index contributed by atoms with van der Waals surface area (Å²) in [5.74, 6) is -1.17. The zero-order valence-electron chi connectivity index (χ0n) is 17.0. The molecule has 5 saturated heterocycles. The summed E-state index contributed by atoms with van der Waals surface area (Å²) in [5.41, 5.74) is -3.99. The molecular formula is C20H27N3O5. The van der Waals surface area contributed by atoms with E-state index >= 15 is 0 Å². The molecule has 0 aromatic rings. The number of carbonyl (C=O) groups is 4. The third-order valence-corrected chi connectivity index (χ3v) is 9.11. The number of likely N-dealkylation sites (tertiary alicyclic amines) is 1. The molecule has 1 N–H and O–H groups in total. The summed E-state index contributed by atoms with van der Waals surface area (Å²) in [7, 11) is 3.19. The molecule has 8 nitrogen and oxygen atoms in total. The van der Waals surface area contributed by atoms with Crippen LogP contribution < -0.4 is 0 Å². The van der Waals surface area contributed by atoms with Gasteiger partial charge in [0.2, 0.25) is 17.7 Å². The number of likely N-dealkylation sites (N-methyl/N-ethyl adjacent to an activating group) is 2. The number of Topliss-reactive ketones (excluding diaryl/α,β-unsaturated/α-hetero) is 1. The molecule has 0 aromatic heterocycles. The number of hydrogen-bond acceptors (Lipinski definition) is 5. The first kappa shape index (κ1) is 18.1. The first-order valence-corrected chi connectivity index (χ1v) is 10.0. The average Bonchev–Trinajstić information content (AvgIpc) is 3.09. The van der Waals surface area contributed by atoms with E-state index in [4.69, 9.17) is 0 Å². The molecule has 6 aliphatic rings. The average molecular weight is 389 g/mol. The van der Waals surface area contributed by atoms with E-state index in [2.05, 4.69) is 0 Å². The Morgan fingerprint density at radius 2 is 1.68 bits per heavy atom. The second-order valence-electron chi connectivity index (χ2n) is 10.1. The number of rotatable bonds is 0. The minimum absolute atomic E-state index is 0.0695. The first-order chi connectivity index (χ1) is 12.9. The Labute approximate surface area is 163 Å². The predicted octanol–water partition coefficient (Wildman–Crippen LogP) is -0.257. The second kappa shape index (κ2) is 4.61. The first-order valence-electron chi connectivity index (χ1n) is 10.0. The summed E-state index contributed by atoms with van der Waals surface area (Å²) in [6.07, 6.45) is 0.197. The summed E-state index contributed by atoms with van der Waals surface area (Å²) in [4.78, 5) is 57.8. The normalized spacial score (nSPS) is 48.9. The van der Waals surface area contributed by atoms with Crippen molar-refractivity contribution in [3.63, 3.8) is 0 Å². The third kappa shape index (κ3) is 1.38. The predicted molar refractivity (Wildman–Crippen MR) is 96.5 cm³/mol. The molecule has 5 aliphatic heterocycles. The van der Waals surface area contributed by atoms with Gasteiger partial charge in [0.1, 0.15) is 11.0 Å². The number of aliphatic hydroxyl groups excluding tert-OH is 1. The summed E-state index contributed by atoms with van der Waals surface area (Å²) in [5, 5.41) is 10.4. The highest BCUT2D eigenvalue weighted by atomic mass is 16.3. The fraction of sp³-hybridized carbons (Fsp3) is 0.800. The highest BCUT2D eigenvalue weighted by Crippen LogP contribution is 2.70. The quantitative estimate of drug-likeness (QED) is 0.576. The number of carbonyl (C=O) groups excluding carboxylic acids is 4. The van der Waals surface area contributed by atoms with Gasteiger partial charge in [-0.25, -0.2) is 0 Å². The number of piperidine rings is 2. The van der Waals surface area contributed by atoms with Crippen LogP contribution in [0.4, 0.5) is 0 Å². The van der Waals surface area contributed by atoms with Crippen LogP contribution in [-0.4, -0.2) is 80.8 Å². The number of aliphatic hydroxyl groups is 1. The lowest BCUT2D eigenvalue weighted by Gasteiger charge is -2.65. The van der Waals surface area contributed by atoms with Gasteiger partial charge >= 0.3 is 0 Å². The Morgan fingerprint density at radius 3 is 2.25 bits per heavy atom. The van der Waals surface area contributed by atoms with Crippen molar-refractivity contribution < 1.29 is 24.3 Å². The van der Waals surface area contributed by atoms with E-state index in [-0.39, 0.29) is 24.2 Å². The van der Waals surface area contributed by atoms with Gasteiger partial charge < -0.3 is 19.8 Å². The SMILES string of the molecule is C[C@H]1CC(=O)N2C3C(C)(C)[C@]4(C[C@]35CC[C@]12C(=O)N5C)C(=O)C(O)N(C)C4=O. The van der Waals surface area contributed by atoms with Crippen LogP contribution in [0.3, 0.4) is 0 Å². The van der Waals surface area contributed by atoms with Gasteiger partial charge in [-0.3, -0.25) is 19.2 Å². The Kier molecular flexibility index (Phi) is 2.98. The van der Waals surface area contributed by atoms with Crippen molar-refractivity contribution in [1.29, 1.82) is 0 Å². The zero-order valence-corrected chi connectivity index (χ0v) is 17.0. The van der Waals surface area contributed by atoms with Gasteiger partial charge in [-0.2, -0.15) is 0 Å². The summed E-state index contributed by atoms with van der Waals surface area (Å²) in [6.45, 7) is 5.66. The smallest absolute Gasteiger partial charge is 0.249 e. The fourth-order valence-electron chi connectivity index (χ4n) is 7.67. The molecule has 6 rings (SSSR count). The zero-order chi connectivity index (χ0) is 20.6. The third-order valence-electron chi connectivity index (χ3n) is 9.11. The van der Waals surface area contributed by atoms with Crippen LogP contribution in [0.25, 0.3) is 0 Å². The summed E-state index contributed by atoms with van der Waals surface area (Å²) < 4.78 is 0. The van der Waals surface area contributed by atoms with Crippen LogP contribution in [0, 0.1) is 16.7 Å². The minimum Gasteiger partial charge on any atom is -0.367 e. The number of fused-ring (bicyclic) bond motifs is 2. The molecule has 5 heterocycles. The molecule has 3 spiro atoms. The number of nitrogens with zero attached hydrogens (tertiary/aromatic N) is 3. The maximum absolute atomic E-state index is 13.5. The molecule has 2 bridgehead atoms. The molecule has 152 valence electrons. The Morgan fingerprint density at radius 1 is 1.04 bits per heavy atom. The molecular weight excluding hydrogens is 362 g/mol. The lowest BCUT2D eigenvalue weighted by molar-refractivity contribution is -0.196. The van der Waals surface area contributed by atoms with E-state index in [0.29, 0.717) is 19.3 Å². The van der Waals surface area contributed by atoms with Crippen molar-refractivity contribution >= 4 is 23.5 Å². The molecule has 0 radical (unpaired) electrons. The number of piperazine rings is 1. The van der Waals surface area contributed by atoms with Crippen LogP contribution in [0.2, 0.25) is 0 Å². The largest absolute Gasteiger partial charge is 0.367 e. The molecule has 3 amide bonds. The standard InChI is InChI=1S/C20H27N3O5/c1-10-8-11(24)23-14-17(2,3)19(12(25)13(26)21(4)15(19)27)9-18(14)6-7-20(10,23)16(28)22(18)5/h10,13-14,26H,6-9H2,1-5H3/t10-,13?,14?,18+,19+,20+/m0/s1. The van der Waals surface area contributed by atoms with Crippen molar-refractivity contribution in [1.82, 2.24) is 14.7 Å². The Bertz CT molecular complexity index is 848. The number of amides is 3. The van der Waals surface area contributed by atoms with Gasteiger partial charge in [-0.05, 0) is 25.2 Å². The van der Waals surface area contributed by atoms with Crippen molar-refractivity contribution in [2.75, 3.05) is 14.1 Å². The van der Waals surface area contributed by atoms with E-state index in [1.807, 2.05) is 20.8 Å².